The van der Waals surface area contributed by atoms with E-state index in [1.807, 2.05) is 13.8 Å². The van der Waals surface area contributed by atoms with Gasteiger partial charge in [-0.2, -0.15) is 4.98 Å². The maximum Gasteiger partial charge on any atom is 0.220 e. The number of hydrogen-bond acceptors (Lipinski definition) is 4. The summed E-state index contributed by atoms with van der Waals surface area (Å²) in [5.41, 5.74) is 5.89. The van der Waals surface area contributed by atoms with Crippen molar-refractivity contribution in [2.24, 2.45) is 0 Å². The molecule has 0 radical (unpaired) electrons. The Morgan fingerprint density at radius 1 is 1.08 bits per heavy atom. The molecule has 1 aromatic carbocycles. The zero-order valence-corrected chi connectivity index (χ0v) is 15.6. The predicted molar refractivity (Wildman–Crippen MR) is 96.8 cm³/mol. The van der Waals surface area contributed by atoms with Crippen molar-refractivity contribution < 1.29 is 9.47 Å². The van der Waals surface area contributed by atoms with Crippen LogP contribution in [0.1, 0.15) is 47.1 Å². The molecule has 0 saturated heterocycles. The van der Waals surface area contributed by atoms with E-state index in [0.29, 0.717) is 12.5 Å². The smallest absolute Gasteiger partial charge is 0.220 e. The minimum Gasteiger partial charge on any atom is -0.472 e. The molecule has 4 nitrogen and oxygen atoms in total. The lowest BCUT2D eigenvalue weighted by Crippen LogP contribution is -2.23. The minimum atomic E-state index is 0.0111. The zero-order chi connectivity index (χ0) is 17.7. The van der Waals surface area contributed by atoms with Gasteiger partial charge in [0.25, 0.3) is 0 Å². The summed E-state index contributed by atoms with van der Waals surface area (Å²) in [6.45, 7) is 10.9. The number of rotatable bonds is 7. The second kappa shape index (κ2) is 8.25. The minimum absolute atomic E-state index is 0.0111. The van der Waals surface area contributed by atoms with Gasteiger partial charge in [-0.05, 0) is 45.2 Å². The highest BCUT2D eigenvalue weighted by molar-refractivity contribution is 5.37. The molecule has 0 aliphatic heterocycles. The summed E-state index contributed by atoms with van der Waals surface area (Å²) in [6, 6.07) is 6.54. The Labute approximate surface area is 145 Å². The summed E-state index contributed by atoms with van der Waals surface area (Å²) >= 11 is 0. The van der Waals surface area contributed by atoms with Gasteiger partial charge in [0.1, 0.15) is 11.9 Å². The van der Waals surface area contributed by atoms with Crippen LogP contribution in [0.5, 0.6) is 5.88 Å². The van der Waals surface area contributed by atoms with E-state index in [1.54, 1.807) is 7.11 Å². The number of methoxy groups -OCH3 is 1. The third-order valence-corrected chi connectivity index (χ3v) is 4.26. The SMILES string of the molecule is CCC(COC)Oc1nc(C)nc(Cc2ccc(C)cc2C)c1C. The van der Waals surface area contributed by atoms with Crippen molar-refractivity contribution in [1.29, 1.82) is 0 Å². The van der Waals surface area contributed by atoms with Crippen molar-refractivity contribution in [1.82, 2.24) is 9.97 Å². The van der Waals surface area contributed by atoms with Gasteiger partial charge in [-0.1, -0.05) is 30.7 Å². The molecule has 0 aliphatic carbocycles. The van der Waals surface area contributed by atoms with E-state index in [9.17, 15) is 0 Å². The van der Waals surface area contributed by atoms with Crippen LogP contribution in [0.15, 0.2) is 18.2 Å². The monoisotopic (exact) mass is 328 g/mol. The molecule has 1 heterocycles. The average molecular weight is 328 g/mol. The summed E-state index contributed by atoms with van der Waals surface area (Å²) in [6.07, 6.45) is 1.68. The fraction of sp³-hybridized carbons (Fsp3) is 0.500. The first-order chi connectivity index (χ1) is 11.4. The summed E-state index contributed by atoms with van der Waals surface area (Å²) in [5.74, 6) is 1.41. The van der Waals surface area contributed by atoms with Gasteiger partial charge in [0, 0.05) is 19.1 Å². The molecule has 0 bridgehead atoms. The number of aryl methyl sites for hydroxylation is 3. The van der Waals surface area contributed by atoms with Crippen LogP contribution >= 0.6 is 0 Å². The van der Waals surface area contributed by atoms with Crippen LogP contribution in [0.25, 0.3) is 0 Å². The first-order valence-electron chi connectivity index (χ1n) is 8.50. The van der Waals surface area contributed by atoms with Gasteiger partial charge in [-0.25, -0.2) is 4.98 Å². The highest BCUT2D eigenvalue weighted by Gasteiger charge is 2.16. The van der Waals surface area contributed by atoms with Crippen molar-refractivity contribution in [2.45, 2.75) is 53.6 Å². The van der Waals surface area contributed by atoms with Crippen LogP contribution in [-0.4, -0.2) is 29.8 Å². The molecule has 2 rings (SSSR count). The number of benzene rings is 1. The molecule has 24 heavy (non-hydrogen) atoms. The molecule has 0 aliphatic rings. The van der Waals surface area contributed by atoms with Crippen LogP contribution in [0, 0.1) is 27.7 Å². The Morgan fingerprint density at radius 2 is 1.83 bits per heavy atom. The van der Waals surface area contributed by atoms with E-state index in [-0.39, 0.29) is 6.10 Å². The van der Waals surface area contributed by atoms with Crippen LogP contribution < -0.4 is 4.74 Å². The molecule has 0 amide bonds. The number of nitrogens with zero attached hydrogens (tertiary/aromatic N) is 2. The Morgan fingerprint density at radius 3 is 2.46 bits per heavy atom. The molecule has 1 unspecified atom stereocenters. The van der Waals surface area contributed by atoms with E-state index < -0.39 is 0 Å². The van der Waals surface area contributed by atoms with Crippen LogP contribution in [0.4, 0.5) is 0 Å². The topological polar surface area (TPSA) is 44.2 Å². The van der Waals surface area contributed by atoms with E-state index in [1.165, 1.54) is 16.7 Å². The van der Waals surface area contributed by atoms with Crippen molar-refractivity contribution in [3.05, 3.63) is 52.0 Å². The van der Waals surface area contributed by atoms with Crippen LogP contribution in [0.3, 0.4) is 0 Å². The van der Waals surface area contributed by atoms with E-state index in [2.05, 4.69) is 48.9 Å². The summed E-state index contributed by atoms with van der Waals surface area (Å²) in [7, 11) is 1.69. The Hall–Kier alpha value is -1.94. The molecule has 1 atom stereocenters. The zero-order valence-electron chi connectivity index (χ0n) is 15.6. The lowest BCUT2D eigenvalue weighted by molar-refractivity contribution is 0.0748. The van der Waals surface area contributed by atoms with Crippen molar-refractivity contribution in [2.75, 3.05) is 13.7 Å². The lowest BCUT2D eigenvalue weighted by atomic mass is 10.00. The second-order valence-electron chi connectivity index (χ2n) is 6.36. The van der Waals surface area contributed by atoms with Gasteiger partial charge in [0.2, 0.25) is 5.88 Å². The van der Waals surface area contributed by atoms with E-state index in [4.69, 9.17) is 9.47 Å². The normalized spacial score (nSPS) is 12.2. The van der Waals surface area contributed by atoms with Gasteiger partial charge in [-0.3, -0.25) is 0 Å². The van der Waals surface area contributed by atoms with Crippen molar-refractivity contribution in [3.63, 3.8) is 0 Å². The molecule has 0 spiro atoms. The second-order valence-corrected chi connectivity index (χ2v) is 6.36. The van der Waals surface area contributed by atoms with Gasteiger partial charge >= 0.3 is 0 Å². The van der Waals surface area contributed by atoms with Gasteiger partial charge < -0.3 is 9.47 Å². The number of aromatic nitrogens is 2. The summed E-state index contributed by atoms with van der Waals surface area (Å²) in [5, 5.41) is 0. The highest BCUT2D eigenvalue weighted by Crippen LogP contribution is 2.23. The Kier molecular flexibility index (Phi) is 6.32. The molecule has 130 valence electrons. The van der Waals surface area contributed by atoms with E-state index >= 15 is 0 Å². The standard InChI is InChI=1S/C20H28N2O2/c1-7-18(12-23-6)24-20-15(4)19(21-16(5)22-20)11-17-9-8-13(2)10-14(17)3/h8-10,18H,7,11-12H2,1-6H3. The first kappa shape index (κ1) is 18.4. The Balaban J connectivity index is 2.30. The fourth-order valence-electron chi connectivity index (χ4n) is 2.75. The van der Waals surface area contributed by atoms with Gasteiger partial charge in [0.05, 0.1) is 12.3 Å². The van der Waals surface area contributed by atoms with E-state index in [0.717, 1.165) is 29.9 Å². The molecule has 2 aromatic rings. The van der Waals surface area contributed by atoms with Gasteiger partial charge in [-0.15, -0.1) is 0 Å². The highest BCUT2D eigenvalue weighted by atomic mass is 16.5. The Bertz CT molecular complexity index is 698. The number of hydrogen-bond donors (Lipinski definition) is 0. The molecular formula is C20H28N2O2. The van der Waals surface area contributed by atoms with Crippen LogP contribution in [-0.2, 0) is 11.2 Å². The summed E-state index contributed by atoms with van der Waals surface area (Å²) in [4.78, 5) is 9.14. The maximum atomic E-state index is 6.07. The van der Waals surface area contributed by atoms with Gasteiger partial charge in [0.15, 0.2) is 0 Å². The largest absolute Gasteiger partial charge is 0.472 e. The fourth-order valence-corrected chi connectivity index (χ4v) is 2.75. The third-order valence-electron chi connectivity index (χ3n) is 4.26. The first-order valence-corrected chi connectivity index (χ1v) is 8.50. The lowest BCUT2D eigenvalue weighted by Gasteiger charge is -2.19. The van der Waals surface area contributed by atoms with Crippen molar-refractivity contribution in [3.8, 4) is 5.88 Å². The molecular weight excluding hydrogens is 300 g/mol. The van der Waals surface area contributed by atoms with Crippen LogP contribution in [0.2, 0.25) is 0 Å². The molecule has 4 heteroatoms. The molecule has 0 N–H and O–H groups in total. The number of ether oxygens (including phenoxy) is 2. The quantitative estimate of drug-likeness (QED) is 0.767. The summed E-state index contributed by atoms with van der Waals surface area (Å²) < 4.78 is 11.3. The van der Waals surface area contributed by atoms with Crippen molar-refractivity contribution >= 4 is 0 Å². The molecule has 1 aromatic heterocycles. The predicted octanol–water partition coefficient (Wildman–Crippen LogP) is 4.10. The maximum absolute atomic E-state index is 6.07. The average Bonchev–Trinajstić information content (AvgIpc) is 2.53. The third kappa shape index (κ3) is 4.54. The molecule has 0 saturated carbocycles. The molecule has 0 fully saturated rings.